The number of nitriles is 1. The third-order valence-corrected chi connectivity index (χ3v) is 3.17. The summed E-state index contributed by atoms with van der Waals surface area (Å²) < 4.78 is 0. The highest BCUT2D eigenvalue weighted by Gasteiger charge is 2.35. The van der Waals surface area contributed by atoms with Gasteiger partial charge in [-0.2, -0.15) is 5.26 Å². The van der Waals surface area contributed by atoms with Crippen LogP contribution >= 0.6 is 0 Å². The second-order valence-electron chi connectivity index (χ2n) is 4.02. The van der Waals surface area contributed by atoms with Crippen molar-refractivity contribution in [3.8, 4) is 6.07 Å². The fourth-order valence-electron chi connectivity index (χ4n) is 2.35. The molecule has 0 radical (unpaired) electrons. The van der Waals surface area contributed by atoms with Crippen LogP contribution in [0.5, 0.6) is 0 Å². The monoisotopic (exact) mass is 214 g/mol. The molecule has 0 spiro atoms. The van der Waals surface area contributed by atoms with Crippen LogP contribution in [0, 0.1) is 11.3 Å². The average Bonchev–Trinajstić information content (AvgIpc) is 2.55. The lowest BCUT2D eigenvalue weighted by Gasteiger charge is -2.13. The number of carbonyl (C=O) groups is 1. The molecular weight excluding hydrogens is 200 g/mol. The predicted molar refractivity (Wildman–Crippen MR) is 62.2 cm³/mol. The van der Waals surface area contributed by atoms with Gasteiger partial charge in [0.05, 0.1) is 24.1 Å². The Balaban J connectivity index is 2.56. The predicted octanol–water partition coefficient (Wildman–Crippen LogP) is 2.22. The smallest absolute Gasteiger partial charge is 0.235 e. The first-order valence-corrected chi connectivity index (χ1v) is 5.47. The molecule has 1 heterocycles. The molecule has 0 saturated heterocycles. The largest absolute Gasteiger partial charge is 0.314 e. The van der Waals surface area contributed by atoms with Crippen molar-refractivity contribution in [1.29, 1.82) is 5.26 Å². The minimum absolute atomic E-state index is 0.0393. The molecule has 1 amide bonds. The van der Waals surface area contributed by atoms with Gasteiger partial charge in [-0.15, -0.1) is 0 Å². The molecule has 16 heavy (non-hydrogen) atoms. The lowest BCUT2D eigenvalue weighted by molar-refractivity contribution is -0.118. The van der Waals surface area contributed by atoms with Crippen molar-refractivity contribution in [2.75, 3.05) is 11.9 Å². The van der Waals surface area contributed by atoms with Gasteiger partial charge in [-0.3, -0.25) is 4.79 Å². The Labute approximate surface area is 95.3 Å². The molecule has 1 aromatic rings. The van der Waals surface area contributed by atoms with E-state index < -0.39 is 0 Å². The Bertz CT molecular complexity index is 473. The molecule has 1 aromatic carbocycles. The normalized spacial score (nSPS) is 18.4. The van der Waals surface area contributed by atoms with E-state index >= 15 is 0 Å². The molecule has 0 N–H and O–H groups in total. The topological polar surface area (TPSA) is 44.1 Å². The number of likely N-dealkylation sites (N-methyl/N-ethyl adjacent to an activating group) is 1. The molecule has 1 aliphatic heterocycles. The highest BCUT2D eigenvalue weighted by Crippen LogP contribution is 2.40. The van der Waals surface area contributed by atoms with Gasteiger partial charge in [0, 0.05) is 7.05 Å². The Morgan fingerprint density at radius 3 is 2.88 bits per heavy atom. The van der Waals surface area contributed by atoms with Crippen molar-refractivity contribution in [1.82, 2.24) is 0 Å². The van der Waals surface area contributed by atoms with E-state index in [0.29, 0.717) is 0 Å². The summed E-state index contributed by atoms with van der Waals surface area (Å²) in [5, 5.41) is 8.76. The minimum atomic E-state index is -0.267. The van der Waals surface area contributed by atoms with E-state index in [1.54, 1.807) is 11.9 Å². The molecule has 0 fully saturated rings. The maximum Gasteiger partial charge on any atom is 0.235 e. The van der Waals surface area contributed by atoms with Gasteiger partial charge in [0.15, 0.2) is 0 Å². The quantitative estimate of drug-likeness (QED) is 0.757. The molecular formula is C13H14N2O. The molecule has 1 atom stereocenters. The highest BCUT2D eigenvalue weighted by atomic mass is 16.2. The van der Waals surface area contributed by atoms with Crippen LogP contribution in [0.2, 0.25) is 0 Å². The number of fused-ring (bicyclic) bond motifs is 1. The Hall–Kier alpha value is -1.82. The molecule has 2 rings (SSSR count). The standard InChI is InChI=1S/C13H14N2O/c1-3-9-5-4-6-10-11(7-8-14)13(16)15(2)12(9)10/h4-6,11H,3,7H2,1-2H3/t11-/m1/s1. The van der Waals surface area contributed by atoms with Crippen molar-refractivity contribution in [2.24, 2.45) is 0 Å². The van der Waals surface area contributed by atoms with E-state index in [0.717, 1.165) is 17.7 Å². The summed E-state index contributed by atoms with van der Waals surface area (Å²) in [6.07, 6.45) is 1.17. The maximum atomic E-state index is 12.0. The van der Waals surface area contributed by atoms with Crippen molar-refractivity contribution in [2.45, 2.75) is 25.7 Å². The first kappa shape index (κ1) is 10.7. The summed E-state index contributed by atoms with van der Waals surface area (Å²) in [7, 11) is 1.79. The number of anilines is 1. The van der Waals surface area contributed by atoms with Gasteiger partial charge >= 0.3 is 0 Å². The number of hydrogen-bond acceptors (Lipinski definition) is 2. The van der Waals surface area contributed by atoms with E-state index in [9.17, 15) is 4.79 Å². The third-order valence-electron chi connectivity index (χ3n) is 3.17. The van der Waals surface area contributed by atoms with Gasteiger partial charge in [0.2, 0.25) is 5.91 Å². The van der Waals surface area contributed by atoms with E-state index in [2.05, 4.69) is 13.0 Å². The van der Waals surface area contributed by atoms with E-state index in [-0.39, 0.29) is 18.2 Å². The fraction of sp³-hybridized carbons (Fsp3) is 0.385. The summed E-state index contributed by atoms with van der Waals surface area (Å²) in [6, 6.07) is 8.05. The van der Waals surface area contributed by atoms with Crippen molar-refractivity contribution in [3.05, 3.63) is 29.3 Å². The number of benzene rings is 1. The van der Waals surface area contributed by atoms with E-state index in [1.165, 1.54) is 5.56 Å². The summed E-state index contributed by atoms with van der Waals surface area (Å²) in [5.74, 6) is -0.228. The lowest BCUT2D eigenvalue weighted by Crippen LogP contribution is -2.24. The number of hydrogen-bond donors (Lipinski definition) is 0. The zero-order valence-corrected chi connectivity index (χ0v) is 9.53. The Morgan fingerprint density at radius 2 is 2.25 bits per heavy atom. The van der Waals surface area contributed by atoms with Crippen LogP contribution in [0.25, 0.3) is 0 Å². The van der Waals surface area contributed by atoms with Gasteiger partial charge in [-0.25, -0.2) is 0 Å². The average molecular weight is 214 g/mol. The molecule has 0 saturated carbocycles. The SMILES string of the molecule is CCc1cccc2c1N(C)C(=O)[C@@H]2CC#N. The Morgan fingerprint density at radius 1 is 1.50 bits per heavy atom. The van der Waals surface area contributed by atoms with Crippen LogP contribution in [0.4, 0.5) is 5.69 Å². The van der Waals surface area contributed by atoms with Crippen molar-refractivity contribution in [3.63, 3.8) is 0 Å². The van der Waals surface area contributed by atoms with Crippen LogP contribution < -0.4 is 4.90 Å². The van der Waals surface area contributed by atoms with Crippen LogP contribution in [-0.4, -0.2) is 13.0 Å². The van der Waals surface area contributed by atoms with E-state index in [4.69, 9.17) is 5.26 Å². The molecule has 0 aromatic heterocycles. The molecule has 0 unspecified atom stereocenters. The number of carbonyl (C=O) groups excluding carboxylic acids is 1. The molecule has 3 nitrogen and oxygen atoms in total. The summed E-state index contributed by atoms with van der Waals surface area (Å²) in [5.41, 5.74) is 3.19. The van der Waals surface area contributed by atoms with E-state index in [1.807, 2.05) is 18.2 Å². The van der Waals surface area contributed by atoms with Gasteiger partial charge in [-0.1, -0.05) is 25.1 Å². The minimum Gasteiger partial charge on any atom is -0.314 e. The van der Waals surface area contributed by atoms with Crippen LogP contribution in [0.15, 0.2) is 18.2 Å². The first-order valence-electron chi connectivity index (χ1n) is 5.47. The summed E-state index contributed by atoms with van der Waals surface area (Å²) in [6.45, 7) is 2.07. The molecule has 0 bridgehead atoms. The maximum absolute atomic E-state index is 12.0. The fourth-order valence-corrected chi connectivity index (χ4v) is 2.35. The van der Waals surface area contributed by atoms with Gasteiger partial charge in [0.1, 0.15) is 0 Å². The molecule has 0 aliphatic carbocycles. The molecule has 82 valence electrons. The zero-order valence-electron chi connectivity index (χ0n) is 9.53. The summed E-state index contributed by atoms with van der Waals surface area (Å²) >= 11 is 0. The number of nitrogens with zero attached hydrogens (tertiary/aromatic N) is 2. The van der Waals surface area contributed by atoms with Crippen LogP contribution in [0.3, 0.4) is 0 Å². The Kier molecular flexibility index (Phi) is 2.66. The summed E-state index contributed by atoms with van der Waals surface area (Å²) in [4.78, 5) is 13.7. The molecule has 3 heteroatoms. The first-order chi connectivity index (χ1) is 7.70. The second-order valence-corrected chi connectivity index (χ2v) is 4.02. The number of rotatable bonds is 2. The van der Waals surface area contributed by atoms with Crippen LogP contribution in [-0.2, 0) is 11.2 Å². The number of aryl methyl sites for hydroxylation is 1. The van der Waals surface area contributed by atoms with Gasteiger partial charge < -0.3 is 4.90 Å². The van der Waals surface area contributed by atoms with Crippen molar-refractivity contribution < 1.29 is 4.79 Å². The van der Waals surface area contributed by atoms with Gasteiger partial charge in [-0.05, 0) is 17.5 Å². The lowest BCUT2D eigenvalue weighted by atomic mass is 9.96. The van der Waals surface area contributed by atoms with Gasteiger partial charge in [0.25, 0.3) is 0 Å². The second kappa shape index (κ2) is 3.97. The number of para-hydroxylation sites is 1. The number of amides is 1. The third kappa shape index (κ3) is 1.38. The molecule has 1 aliphatic rings. The van der Waals surface area contributed by atoms with Crippen molar-refractivity contribution >= 4 is 11.6 Å². The zero-order chi connectivity index (χ0) is 11.7. The van der Waals surface area contributed by atoms with Crippen LogP contribution in [0.1, 0.15) is 30.4 Å². The highest BCUT2D eigenvalue weighted by molar-refractivity contribution is 6.05.